The summed E-state index contributed by atoms with van der Waals surface area (Å²) in [5, 5.41) is 0. The topological polar surface area (TPSA) is 38.8 Å². The Morgan fingerprint density at radius 2 is 1.90 bits per heavy atom. The molecule has 2 aromatic carbocycles. The van der Waals surface area contributed by atoms with Gasteiger partial charge in [0.2, 0.25) is 0 Å². The van der Waals surface area contributed by atoms with Gasteiger partial charge in [0.15, 0.2) is 0 Å². The summed E-state index contributed by atoms with van der Waals surface area (Å²) in [7, 11) is 1.61. The van der Waals surface area contributed by atoms with Crippen LogP contribution >= 0.6 is 0 Å². The molecule has 0 bridgehead atoms. The van der Waals surface area contributed by atoms with Gasteiger partial charge in [0.1, 0.15) is 17.6 Å². The summed E-state index contributed by atoms with van der Waals surface area (Å²) < 4.78 is 10.9. The third-order valence-electron chi connectivity index (χ3n) is 3.51. The Kier molecular flexibility index (Phi) is 3.52. The van der Waals surface area contributed by atoms with Crippen LogP contribution in [-0.4, -0.2) is 25.7 Å². The molecule has 108 valence electrons. The minimum Gasteiger partial charge on any atom is -0.497 e. The van der Waals surface area contributed by atoms with Crippen molar-refractivity contribution >= 4 is 11.6 Å². The first-order valence-corrected chi connectivity index (χ1v) is 6.90. The molecule has 1 aliphatic rings. The normalized spacial score (nSPS) is 16.9. The molecule has 0 N–H and O–H groups in total. The van der Waals surface area contributed by atoms with Crippen molar-refractivity contribution in [2.75, 3.05) is 18.6 Å². The van der Waals surface area contributed by atoms with Crippen molar-refractivity contribution in [2.24, 2.45) is 0 Å². The van der Waals surface area contributed by atoms with E-state index < -0.39 is 0 Å². The molecule has 0 radical (unpaired) electrons. The summed E-state index contributed by atoms with van der Waals surface area (Å²) in [4.78, 5) is 14.5. The molecule has 1 unspecified atom stereocenters. The number of anilines is 1. The zero-order chi connectivity index (χ0) is 14.8. The lowest BCUT2D eigenvalue weighted by Crippen LogP contribution is -2.42. The first kappa shape index (κ1) is 13.5. The molecule has 1 aliphatic heterocycles. The number of amides is 1. The summed E-state index contributed by atoms with van der Waals surface area (Å²) in [6.07, 6.45) is -0.0258. The van der Waals surface area contributed by atoms with E-state index in [4.69, 9.17) is 9.47 Å². The number of carbonyl (C=O) groups is 1. The monoisotopic (exact) mass is 283 g/mol. The average Bonchev–Trinajstić information content (AvgIpc) is 2.53. The van der Waals surface area contributed by atoms with Crippen LogP contribution in [0.25, 0.3) is 0 Å². The summed E-state index contributed by atoms with van der Waals surface area (Å²) in [6.45, 7) is 2.51. The molecule has 4 heteroatoms. The van der Waals surface area contributed by atoms with Crippen LogP contribution in [0.3, 0.4) is 0 Å². The first-order chi connectivity index (χ1) is 10.2. The Labute approximate surface area is 123 Å². The van der Waals surface area contributed by atoms with E-state index in [9.17, 15) is 4.79 Å². The summed E-state index contributed by atoms with van der Waals surface area (Å²) >= 11 is 0. The highest BCUT2D eigenvalue weighted by Gasteiger charge is 2.27. The van der Waals surface area contributed by atoms with Crippen molar-refractivity contribution in [3.63, 3.8) is 0 Å². The second-order valence-corrected chi connectivity index (χ2v) is 5.04. The van der Waals surface area contributed by atoms with E-state index in [1.165, 1.54) is 0 Å². The molecule has 1 amide bonds. The van der Waals surface area contributed by atoms with Crippen LogP contribution in [-0.2, 0) is 0 Å². The third-order valence-corrected chi connectivity index (χ3v) is 3.51. The zero-order valence-corrected chi connectivity index (χ0v) is 12.1. The van der Waals surface area contributed by atoms with Gasteiger partial charge in [0, 0.05) is 5.56 Å². The predicted molar refractivity (Wildman–Crippen MR) is 81.2 cm³/mol. The number of carbonyl (C=O) groups excluding carboxylic acids is 1. The lowest BCUT2D eigenvalue weighted by Gasteiger charge is -2.33. The molecule has 0 saturated carbocycles. The Bertz CT molecular complexity index is 651. The first-order valence-electron chi connectivity index (χ1n) is 6.90. The van der Waals surface area contributed by atoms with Crippen LogP contribution in [0.5, 0.6) is 11.5 Å². The molecule has 0 spiro atoms. The van der Waals surface area contributed by atoms with Crippen LogP contribution < -0.4 is 14.4 Å². The lowest BCUT2D eigenvalue weighted by molar-refractivity contribution is 0.0961. The molecule has 4 nitrogen and oxygen atoms in total. The van der Waals surface area contributed by atoms with Gasteiger partial charge in [-0.1, -0.05) is 12.1 Å². The van der Waals surface area contributed by atoms with E-state index in [0.29, 0.717) is 12.1 Å². The molecule has 3 rings (SSSR count). The van der Waals surface area contributed by atoms with Gasteiger partial charge in [-0.2, -0.15) is 0 Å². The van der Waals surface area contributed by atoms with Gasteiger partial charge in [-0.05, 0) is 43.3 Å². The van der Waals surface area contributed by atoms with E-state index in [0.717, 1.165) is 17.2 Å². The number of nitrogens with zero attached hydrogens (tertiary/aromatic N) is 1. The van der Waals surface area contributed by atoms with Crippen molar-refractivity contribution in [3.8, 4) is 11.5 Å². The van der Waals surface area contributed by atoms with Crippen LogP contribution in [0.2, 0.25) is 0 Å². The van der Waals surface area contributed by atoms with E-state index >= 15 is 0 Å². The maximum atomic E-state index is 12.7. The van der Waals surface area contributed by atoms with Gasteiger partial charge >= 0.3 is 0 Å². The molecule has 0 aliphatic carbocycles. The van der Waals surface area contributed by atoms with Crippen LogP contribution in [0, 0.1) is 0 Å². The Hall–Kier alpha value is -2.49. The van der Waals surface area contributed by atoms with Gasteiger partial charge in [-0.15, -0.1) is 0 Å². The van der Waals surface area contributed by atoms with Crippen molar-refractivity contribution in [1.29, 1.82) is 0 Å². The number of ether oxygens (including phenoxy) is 2. The van der Waals surface area contributed by atoms with Gasteiger partial charge in [-0.3, -0.25) is 4.79 Å². The second-order valence-electron chi connectivity index (χ2n) is 5.04. The number of para-hydroxylation sites is 2. The number of fused-ring (bicyclic) bond motifs is 1. The molecule has 1 heterocycles. The van der Waals surface area contributed by atoms with E-state index in [1.807, 2.05) is 31.2 Å². The lowest BCUT2D eigenvalue weighted by atomic mass is 10.1. The predicted octanol–water partition coefficient (Wildman–Crippen LogP) is 3.12. The number of hydrogen-bond donors (Lipinski definition) is 0. The summed E-state index contributed by atoms with van der Waals surface area (Å²) in [5.41, 5.74) is 1.45. The minimum atomic E-state index is -0.0275. The van der Waals surface area contributed by atoms with E-state index in [2.05, 4.69) is 0 Å². The average molecular weight is 283 g/mol. The molecular formula is C17H17NO3. The zero-order valence-electron chi connectivity index (χ0n) is 12.1. The number of rotatable bonds is 2. The minimum absolute atomic E-state index is 0.0258. The summed E-state index contributed by atoms with van der Waals surface area (Å²) in [6, 6.07) is 14.8. The van der Waals surface area contributed by atoms with E-state index in [1.54, 1.807) is 36.3 Å². The highest BCUT2D eigenvalue weighted by Crippen LogP contribution is 2.34. The Balaban J connectivity index is 1.93. The smallest absolute Gasteiger partial charge is 0.258 e. The maximum absolute atomic E-state index is 12.7. The number of methoxy groups -OCH3 is 1. The SMILES string of the molecule is COc1ccc(C(=O)N2CC(C)Oc3ccccc32)cc1. The quantitative estimate of drug-likeness (QED) is 0.850. The third kappa shape index (κ3) is 2.57. The Morgan fingerprint density at radius 1 is 1.19 bits per heavy atom. The molecule has 0 fully saturated rings. The molecule has 0 aromatic heterocycles. The number of benzene rings is 2. The standard InChI is InChI=1S/C17H17NO3/c1-12-11-18(15-5-3-4-6-16(15)21-12)17(19)13-7-9-14(20-2)10-8-13/h3-10,12H,11H2,1-2H3. The molecular weight excluding hydrogens is 266 g/mol. The second kappa shape index (κ2) is 5.48. The molecule has 0 saturated heterocycles. The largest absolute Gasteiger partial charge is 0.497 e. The molecule has 2 aromatic rings. The van der Waals surface area contributed by atoms with Crippen molar-refractivity contribution in [2.45, 2.75) is 13.0 Å². The highest BCUT2D eigenvalue weighted by molar-refractivity contribution is 6.07. The molecule has 21 heavy (non-hydrogen) atoms. The van der Waals surface area contributed by atoms with Crippen molar-refractivity contribution < 1.29 is 14.3 Å². The van der Waals surface area contributed by atoms with Gasteiger partial charge in [0.05, 0.1) is 19.3 Å². The highest BCUT2D eigenvalue weighted by atomic mass is 16.5. The van der Waals surface area contributed by atoms with Crippen LogP contribution in [0.4, 0.5) is 5.69 Å². The maximum Gasteiger partial charge on any atom is 0.258 e. The fourth-order valence-corrected chi connectivity index (χ4v) is 2.47. The van der Waals surface area contributed by atoms with Gasteiger partial charge in [-0.25, -0.2) is 0 Å². The van der Waals surface area contributed by atoms with Crippen LogP contribution in [0.15, 0.2) is 48.5 Å². The van der Waals surface area contributed by atoms with E-state index in [-0.39, 0.29) is 12.0 Å². The van der Waals surface area contributed by atoms with Crippen molar-refractivity contribution in [1.82, 2.24) is 0 Å². The summed E-state index contributed by atoms with van der Waals surface area (Å²) in [5.74, 6) is 1.46. The fourth-order valence-electron chi connectivity index (χ4n) is 2.47. The van der Waals surface area contributed by atoms with Crippen molar-refractivity contribution in [3.05, 3.63) is 54.1 Å². The van der Waals surface area contributed by atoms with Gasteiger partial charge in [0.25, 0.3) is 5.91 Å². The number of hydrogen-bond acceptors (Lipinski definition) is 3. The Morgan fingerprint density at radius 3 is 2.62 bits per heavy atom. The van der Waals surface area contributed by atoms with Crippen LogP contribution in [0.1, 0.15) is 17.3 Å². The fraction of sp³-hybridized carbons (Fsp3) is 0.235. The molecule has 1 atom stereocenters. The van der Waals surface area contributed by atoms with Gasteiger partial charge < -0.3 is 14.4 Å².